The van der Waals surface area contributed by atoms with E-state index in [0.29, 0.717) is 0 Å². The molecule has 0 fully saturated rings. The Kier molecular flexibility index (Phi) is 2.46. The summed E-state index contributed by atoms with van der Waals surface area (Å²) in [5.41, 5.74) is 6.44. The van der Waals surface area contributed by atoms with Crippen LogP contribution in [0.15, 0.2) is 29.4 Å². The number of fused-ring (bicyclic) bond motifs is 1. The molecule has 0 aliphatic carbocycles. The monoisotopic (exact) mass is 201 g/mol. The molecule has 1 N–H and O–H groups in total. The van der Waals surface area contributed by atoms with Crippen LogP contribution in [0, 0.1) is 6.92 Å². The number of aryl methyl sites for hydroxylation is 1. The third-order valence-electron chi connectivity index (χ3n) is 2.77. The van der Waals surface area contributed by atoms with Gasteiger partial charge in [-0.05, 0) is 13.0 Å². The summed E-state index contributed by atoms with van der Waals surface area (Å²) >= 11 is 0. The van der Waals surface area contributed by atoms with Crippen LogP contribution in [0.1, 0.15) is 11.3 Å². The van der Waals surface area contributed by atoms with Gasteiger partial charge in [-0.25, -0.2) is 0 Å². The second kappa shape index (κ2) is 3.77. The number of aromatic nitrogens is 1. The summed E-state index contributed by atoms with van der Waals surface area (Å²) in [6, 6.07) is 8.36. The van der Waals surface area contributed by atoms with Crippen LogP contribution >= 0.6 is 0 Å². The molecule has 0 unspecified atom stereocenters. The molecule has 2 aromatic rings. The highest BCUT2D eigenvalue weighted by Crippen LogP contribution is 2.22. The molecule has 1 heterocycles. The zero-order valence-corrected chi connectivity index (χ0v) is 9.28. The van der Waals surface area contributed by atoms with E-state index < -0.39 is 0 Å². The van der Waals surface area contributed by atoms with Crippen molar-refractivity contribution in [2.45, 2.75) is 6.92 Å². The summed E-state index contributed by atoms with van der Waals surface area (Å²) in [4.78, 5) is 0. The first kappa shape index (κ1) is 9.77. The Labute approximate surface area is 89.4 Å². The molecule has 0 aliphatic heterocycles. The molecule has 0 spiro atoms. The lowest BCUT2D eigenvalue weighted by molar-refractivity contribution is 0.901. The number of hydrazone groups is 1. The lowest BCUT2D eigenvalue weighted by Gasteiger charge is -1.97. The van der Waals surface area contributed by atoms with Gasteiger partial charge in [-0.15, -0.1) is 0 Å². The van der Waals surface area contributed by atoms with Crippen LogP contribution in [0.2, 0.25) is 0 Å². The molecule has 0 saturated heterocycles. The second-order valence-electron chi connectivity index (χ2n) is 3.56. The fourth-order valence-electron chi connectivity index (χ4n) is 1.84. The summed E-state index contributed by atoms with van der Waals surface area (Å²) in [6.07, 6.45) is 1.87. The lowest BCUT2D eigenvalue weighted by atomic mass is 10.1. The zero-order valence-electron chi connectivity index (χ0n) is 9.28. The molecule has 3 nitrogen and oxygen atoms in total. The summed E-state index contributed by atoms with van der Waals surface area (Å²) in [6.45, 7) is 2.11. The SMILES string of the molecule is CN/N=C/c1c(C)n(C)c2ccccc12. The summed E-state index contributed by atoms with van der Waals surface area (Å²) in [7, 11) is 3.88. The topological polar surface area (TPSA) is 29.3 Å². The van der Waals surface area contributed by atoms with Gasteiger partial charge in [-0.1, -0.05) is 18.2 Å². The van der Waals surface area contributed by atoms with Gasteiger partial charge < -0.3 is 9.99 Å². The maximum absolute atomic E-state index is 4.08. The first-order chi connectivity index (χ1) is 7.25. The van der Waals surface area contributed by atoms with E-state index in [-0.39, 0.29) is 0 Å². The first-order valence-corrected chi connectivity index (χ1v) is 4.99. The highest BCUT2D eigenvalue weighted by atomic mass is 15.3. The van der Waals surface area contributed by atoms with Crippen molar-refractivity contribution < 1.29 is 0 Å². The van der Waals surface area contributed by atoms with E-state index in [2.05, 4.69) is 53.3 Å². The van der Waals surface area contributed by atoms with E-state index >= 15 is 0 Å². The van der Waals surface area contributed by atoms with Crippen LogP contribution in [-0.4, -0.2) is 17.8 Å². The molecule has 15 heavy (non-hydrogen) atoms. The van der Waals surface area contributed by atoms with E-state index in [0.717, 1.165) is 0 Å². The highest BCUT2D eigenvalue weighted by molar-refractivity contribution is 6.00. The molecule has 0 atom stereocenters. The minimum absolute atomic E-state index is 1.18. The van der Waals surface area contributed by atoms with Gasteiger partial charge in [0.15, 0.2) is 0 Å². The number of para-hydroxylation sites is 1. The van der Waals surface area contributed by atoms with Crippen LogP contribution in [0.25, 0.3) is 10.9 Å². The molecule has 0 amide bonds. The Morgan fingerprint density at radius 1 is 1.33 bits per heavy atom. The summed E-state index contributed by atoms with van der Waals surface area (Å²) < 4.78 is 2.19. The Morgan fingerprint density at radius 2 is 2.07 bits per heavy atom. The maximum Gasteiger partial charge on any atom is 0.0564 e. The summed E-state index contributed by atoms with van der Waals surface area (Å²) in [5, 5.41) is 5.32. The number of nitrogens with one attached hydrogen (secondary N) is 1. The Bertz CT molecular complexity index is 509. The number of rotatable bonds is 2. The van der Waals surface area contributed by atoms with Crippen LogP contribution in [0.5, 0.6) is 0 Å². The zero-order chi connectivity index (χ0) is 10.8. The average molecular weight is 201 g/mol. The lowest BCUT2D eigenvalue weighted by Crippen LogP contribution is -1.96. The van der Waals surface area contributed by atoms with Crippen molar-refractivity contribution in [1.82, 2.24) is 9.99 Å². The minimum atomic E-state index is 1.18. The van der Waals surface area contributed by atoms with Crippen LogP contribution in [0.4, 0.5) is 0 Å². The Balaban J connectivity index is 2.72. The normalized spacial score (nSPS) is 11.4. The van der Waals surface area contributed by atoms with E-state index in [4.69, 9.17) is 0 Å². The van der Waals surface area contributed by atoms with Crippen molar-refractivity contribution >= 4 is 17.1 Å². The van der Waals surface area contributed by atoms with Gasteiger partial charge >= 0.3 is 0 Å². The second-order valence-corrected chi connectivity index (χ2v) is 3.56. The molecule has 2 rings (SSSR count). The largest absolute Gasteiger partial charge is 0.347 e. The van der Waals surface area contributed by atoms with Crippen molar-refractivity contribution in [3.05, 3.63) is 35.5 Å². The van der Waals surface area contributed by atoms with Gasteiger partial charge in [0.2, 0.25) is 0 Å². The third kappa shape index (κ3) is 1.50. The van der Waals surface area contributed by atoms with Gasteiger partial charge in [-0.2, -0.15) is 5.10 Å². The Morgan fingerprint density at radius 3 is 2.80 bits per heavy atom. The van der Waals surface area contributed by atoms with Gasteiger partial charge in [0, 0.05) is 36.3 Å². The molecule has 3 heteroatoms. The molecular weight excluding hydrogens is 186 g/mol. The molecular formula is C12H15N3. The molecule has 0 radical (unpaired) electrons. The van der Waals surface area contributed by atoms with Gasteiger partial charge in [0.05, 0.1) is 6.21 Å². The van der Waals surface area contributed by atoms with Gasteiger partial charge in [-0.3, -0.25) is 0 Å². The van der Waals surface area contributed by atoms with E-state index in [1.807, 2.05) is 6.21 Å². The van der Waals surface area contributed by atoms with Gasteiger partial charge in [0.1, 0.15) is 0 Å². The number of benzene rings is 1. The average Bonchev–Trinajstić information content (AvgIpc) is 2.51. The van der Waals surface area contributed by atoms with Crippen molar-refractivity contribution in [2.24, 2.45) is 12.1 Å². The van der Waals surface area contributed by atoms with E-state index in [1.54, 1.807) is 7.05 Å². The van der Waals surface area contributed by atoms with Crippen molar-refractivity contribution in [3.8, 4) is 0 Å². The van der Waals surface area contributed by atoms with Gasteiger partial charge in [0.25, 0.3) is 0 Å². The smallest absolute Gasteiger partial charge is 0.0564 e. The van der Waals surface area contributed by atoms with E-state index in [1.165, 1.54) is 22.2 Å². The number of hydrogen-bond acceptors (Lipinski definition) is 2. The highest BCUT2D eigenvalue weighted by Gasteiger charge is 2.08. The number of hydrogen-bond donors (Lipinski definition) is 1. The van der Waals surface area contributed by atoms with Crippen molar-refractivity contribution in [1.29, 1.82) is 0 Å². The quantitative estimate of drug-likeness (QED) is 0.584. The molecule has 0 aliphatic rings. The molecule has 0 saturated carbocycles. The minimum Gasteiger partial charge on any atom is -0.347 e. The van der Waals surface area contributed by atoms with Crippen molar-refractivity contribution in [2.75, 3.05) is 7.05 Å². The molecule has 78 valence electrons. The van der Waals surface area contributed by atoms with Crippen LogP contribution in [-0.2, 0) is 7.05 Å². The number of nitrogens with zero attached hydrogens (tertiary/aromatic N) is 2. The van der Waals surface area contributed by atoms with E-state index in [9.17, 15) is 0 Å². The molecule has 1 aromatic heterocycles. The van der Waals surface area contributed by atoms with Crippen LogP contribution in [0.3, 0.4) is 0 Å². The fraction of sp³-hybridized carbons (Fsp3) is 0.250. The maximum atomic E-state index is 4.08. The van der Waals surface area contributed by atoms with Crippen LogP contribution < -0.4 is 5.43 Å². The standard InChI is InChI=1S/C12H15N3/c1-9-11(8-14-13-2)10-6-4-5-7-12(10)15(9)3/h4-8,13H,1-3H3/b14-8+. The summed E-state index contributed by atoms with van der Waals surface area (Å²) in [5.74, 6) is 0. The predicted molar refractivity (Wildman–Crippen MR) is 64.3 cm³/mol. The molecule has 0 bridgehead atoms. The Hall–Kier alpha value is -1.77. The first-order valence-electron chi connectivity index (χ1n) is 4.99. The predicted octanol–water partition coefficient (Wildman–Crippen LogP) is 2.04. The molecule has 1 aromatic carbocycles. The fourth-order valence-corrected chi connectivity index (χ4v) is 1.84. The third-order valence-corrected chi connectivity index (χ3v) is 2.77. The van der Waals surface area contributed by atoms with Crippen molar-refractivity contribution in [3.63, 3.8) is 0 Å².